The number of aromatic nitrogens is 3. The molecule has 1 heterocycles. The molecule has 0 aliphatic carbocycles. The third kappa shape index (κ3) is 2.40. The second-order valence-corrected chi connectivity index (χ2v) is 3.37. The van der Waals surface area contributed by atoms with Crippen LogP contribution < -0.4 is 0 Å². The first-order chi connectivity index (χ1) is 6.83. The molecule has 4 heteroatoms. The summed E-state index contributed by atoms with van der Waals surface area (Å²) < 4.78 is 1.85. The summed E-state index contributed by atoms with van der Waals surface area (Å²) in [7, 11) is 0. The second kappa shape index (κ2) is 5.52. The van der Waals surface area contributed by atoms with Crippen LogP contribution in [0.3, 0.4) is 0 Å². The lowest BCUT2D eigenvalue weighted by atomic mass is 10.1. The van der Waals surface area contributed by atoms with Crippen LogP contribution in [0.1, 0.15) is 49.3 Å². The van der Waals surface area contributed by atoms with Crippen LogP contribution in [0, 0.1) is 0 Å². The van der Waals surface area contributed by atoms with Gasteiger partial charge in [0, 0.05) is 6.54 Å². The van der Waals surface area contributed by atoms with E-state index in [4.69, 9.17) is 0 Å². The van der Waals surface area contributed by atoms with Gasteiger partial charge in [0.15, 0.2) is 6.29 Å². The molecule has 0 spiro atoms. The summed E-state index contributed by atoms with van der Waals surface area (Å²) in [6.45, 7) is 5.07. The maximum Gasteiger partial charge on any atom is 0.172 e. The summed E-state index contributed by atoms with van der Waals surface area (Å²) in [5.74, 6) is 0. The van der Waals surface area contributed by atoms with Crippen molar-refractivity contribution < 1.29 is 4.79 Å². The van der Waals surface area contributed by atoms with Gasteiger partial charge in [-0.1, -0.05) is 25.5 Å². The van der Waals surface area contributed by atoms with E-state index in [1.54, 1.807) is 0 Å². The Kier molecular flexibility index (Phi) is 4.29. The molecule has 0 atom stereocenters. The summed E-state index contributed by atoms with van der Waals surface area (Å²) in [4.78, 5) is 10.7. The predicted octanol–water partition coefficient (Wildman–Crippen LogP) is 1.84. The average molecular weight is 195 g/mol. The number of hydrogen-bond donors (Lipinski definition) is 0. The number of aldehydes is 1. The van der Waals surface area contributed by atoms with Gasteiger partial charge in [-0.05, 0) is 19.3 Å². The standard InChI is InChI=1S/C10H17N3O/c1-3-5-6-10-9(8-14)11-12-13(10)7-4-2/h8H,3-7H2,1-2H3. The number of unbranched alkanes of at least 4 members (excludes halogenated alkanes) is 1. The van der Waals surface area contributed by atoms with Crippen molar-refractivity contribution in [3.63, 3.8) is 0 Å². The molecule has 0 saturated heterocycles. The van der Waals surface area contributed by atoms with Gasteiger partial charge in [0.05, 0.1) is 5.69 Å². The Labute approximate surface area is 84.3 Å². The van der Waals surface area contributed by atoms with Gasteiger partial charge in [-0.25, -0.2) is 4.68 Å². The fraction of sp³-hybridized carbons (Fsp3) is 0.700. The van der Waals surface area contributed by atoms with E-state index < -0.39 is 0 Å². The number of carbonyl (C=O) groups excluding carboxylic acids is 1. The second-order valence-electron chi connectivity index (χ2n) is 3.37. The monoisotopic (exact) mass is 195 g/mol. The first-order valence-corrected chi connectivity index (χ1v) is 5.21. The molecular weight excluding hydrogens is 178 g/mol. The lowest BCUT2D eigenvalue weighted by molar-refractivity contribution is 0.111. The Hall–Kier alpha value is -1.19. The van der Waals surface area contributed by atoms with E-state index in [1.165, 1.54) is 0 Å². The Bertz CT molecular complexity index is 294. The number of aryl methyl sites for hydroxylation is 1. The van der Waals surface area contributed by atoms with Gasteiger partial charge in [0.25, 0.3) is 0 Å². The molecule has 4 nitrogen and oxygen atoms in total. The van der Waals surface area contributed by atoms with Crippen LogP contribution in [0.2, 0.25) is 0 Å². The van der Waals surface area contributed by atoms with Gasteiger partial charge in [-0.3, -0.25) is 4.79 Å². The van der Waals surface area contributed by atoms with Crippen LogP contribution in [0.4, 0.5) is 0 Å². The Morgan fingerprint density at radius 3 is 2.71 bits per heavy atom. The van der Waals surface area contributed by atoms with E-state index in [0.29, 0.717) is 5.69 Å². The SMILES string of the molecule is CCCCc1c(C=O)nnn1CCC. The van der Waals surface area contributed by atoms with Crippen molar-refractivity contribution in [1.82, 2.24) is 15.0 Å². The minimum atomic E-state index is 0.506. The molecule has 0 aliphatic heterocycles. The van der Waals surface area contributed by atoms with Crippen molar-refractivity contribution in [2.75, 3.05) is 0 Å². The quantitative estimate of drug-likeness (QED) is 0.651. The zero-order valence-electron chi connectivity index (χ0n) is 8.86. The van der Waals surface area contributed by atoms with E-state index in [2.05, 4.69) is 24.2 Å². The predicted molar refractivity (Wildman–Crippen MR) is 54.3 cm³/mol. The molecule has 0 bridgehead atoms. The molecule has 14 heavy (non-hydrogen) atoms. The van der Waals surface area contributed by atoms with Crippen molar-refractivity contribution in [1.29, 1.82) is 0 Å². The smallest absolute Gasteiger partial charge is 0.172 e. The van der Waals surface area contributed by atoms with Gasteiger partial charge in [0.2, 0.25) is 0 Å². The molecule has 1 aromatic rings. The lowest BCUT2D eigenvalue weighted by Gasteiger charge is -2.03. The molecule has 0 N–H and O–H groups in total. The minimum Gasteiger partial charge on any atom is -0.296 e. The zero-order chi connectivity index (χ0) is 10.4. The van der Waals surface area contributed by atoms with E-state index >= 15 is 0 Å². The highest BCUT2D eigenvalue weighted by atomic mass is 16.1. The molecule has 0 amide bonds. The van der Waals surface area contributed by atoms with Crippen molar-refractivity contribution in [3.8, 4) is 0 Å². The largest absolute Gasteiger partial charge is 0.296 e. The molecular formula is C10H17N3O. The molecule has 0 saturated carbocycles. The first kappa shape index (κ1) is 10.9. The van der Waals surface area contributed by atoms with Crippen LogP contribution in [0.15, 0.2) is 0 Å². The summed E-state index contributed by atoms with van der Waals surface area (Å²) >= 11 is 0. The third-order valence-electron chi connectivity index (χ3n) is 2.18. The van der Waals surface area contributed by atoms with Gasteiger partial charge in [0.1, 0.15) is 5.69 Å². The highest BCUT2D eigenvalue weighted by Crippen LogP contribution is 2.08. The van der Waals surface area contributed by atoms with Gasteiger partial charge >= 0.3 is 0 Å². The van der Waals surface area contributed by atoms with Gasteiger partial charge in [-0.2, -0.15) is 0 Å². The topological polar surface area (TPSA) is 47.8 Å². The van der Waals surface area contributed by atoms with Crippen LogP contribution in [0.25, 0.3) is 0 Å². The molecule has 0 radical (unpaired) electrons. The maximum atomic E-state index is 10.7. The highest BCUT2D eigenvalue weighted by molar-refractivity contribution is 5.73. The van der Waals surface area contributed by atoms with Gasteiger partial charge in [-0.15, -0.1) is 5.10 Å². The molecule has 0 unspecified atom stereocenters. The van der Waals surface area contributed by atoms with Crippen molar-refractivity contribution in [2.24, 2.45) is 0 Å². The number of hydrogen-bond acceptors (Lipinski definition) is 3. The Balaban J connectivity index is 2.81. The van der Waals surface area contributed by atoms with Crippen LogP contribution in [0.5, 0.6) is 0 Å². The Morgan fingerprint density at radius 2 is 2.14 bits per heavy atom. The molecule has 78 valence electrons. The van der Waals surface area contributed by atoms with Crippen LogP contribution in [-0.4, -0.2) is 21.3 Å². The first-order valence-electron chi connectivity index (χ1n) is 5.21. The number of carbonyl (C=O) groups is 1. The normalized spacial score (nSPS) is 10.4. The fourth-order valence-corrected chi connectivity index (χ4v) is 1.43. The van der Waals surface area contributed by atoms with Crippen molar-refractivity contribution in [3.05, 3.63) is 11.4 Å². The lowest BCUT2D eigenvalue weighted by Crippen LogP contribution is -2.05. The van der Waals surface area contributed by atoms with Crippen LogP contribution >= 0.6 is 0 Å². The van der Waals surface area contributed by atoms with Crippen molar-refractivity contribution >= 4 is 6.29 Å². The highest BCUT2D eigenvalue weighted by Gasteiger charge is 2.10. The molecule has 0 fully saturated rings. The number of nitrogens with zero attached hydrogens (tertiary/aromatic N) is 3. The minimum absolute atomic E-state index is 0.506. The van der Waals surface area contributed by atoms with E-state index in [-0.39, 0.29) is 0 Å². The van der Waals surface area contributed by atoms with Crippen LogP contribution in [-0.2, 0) is 13.0 Å². The van der Waals surface area contributed by atoms with E-state index in [9.17, 15) is 4.79 Å². The zero-order valence-corrected chi connectivity index (χ0v) is 8.86. The van der Waals surface area contributed by atoms with Gasteiger partial charge < -0.3 is 0 Å². The van der Waals surface area contributed by atoms with E-state index in [0.717, 1.165) is 44.2 Å². The molecule has 0 aliphatic rings. The summed E-state index contributed by atoms with van der Waals surface area (Å²) in [5.41, 5.74) is 1.50. The van der Waals surface area contributed by atoms with E-state index in [1.807, 2.05) is 4.68 Å². The molecule has 0 aromatic carbocycles. The Morgan fingerprint density at radius 1 is 1.36 bits per heavy atom. The molecule has 1 aromatic heterocycles. The fourth-order valence-electron chi connectivity index (χ4n) is 1.43. The maximum absolute atomic E-state index is 10.7. The summed E-state index contributed by atoms with van der Waals surface area (Å²) in [6.07, 6.45) is 4.91. The van der Waals surface area contributed by atoms with Crippen molar-refractivity contribution in [2.45, 2.75) is 46.1 Å². The average Bonchev–Trinajstić information content (AvgIpc) is 2.58. The third-order valence-corrected chi connectivity index (χ3v) is 2.18. The summed E-state index contributed by atoms with van der Waals surface area (Å²) in [5, 5.41) is 7.82. The molecule has 1 rings (SSSR count). The number of rotatable bonds is 6. The summed E-state index contributed by atoms with van der Waals surface area (Å²) in [6, 6.07) is 0.